The first-order valence-electron chi connectivity index (χ1n) is 9.07. The number of benzene rings is 2. The van der Waals surface area contributed by atoms with Crippen LogP contribution in [0, 0.1) is 13.8 Å². The number of aryl methyl sites for hydroxylation is 2. The fourth-order valence-electron chi connectivity index (χ4n) is 2.85. The van der Waals surface area contributed by atoms with E-state index in [4.69, 9.17) is 4.74 Å². The minimum absolute atomic E-state index is 0.0164. The van der Waals surface area contributed by atoms with Crippen molar-refractivity contribution in [3.8, 4) is 11.4 Å². The quantitative estimate of drug-likeness (QED) is 0.559. The second-order valence-electron chi connectivity index (χ2n) is 6.44. The highest BCUT2D eigenvalue weighted by molar-refractivity contribution is 5.95. The number of nitrogens with zero attached hydrogens (tertiary/aromatic N) is 2. The molecule has 8 nitrogen and oxygen atoms in total. The number of rotatable bonds is 6. The number of para-hydroxylation sites is 2. The third-order valence-electron chi connectivity index (χ3n) is 4.25. The molecule has 2 aromatic carbocycles. The van der Waals surface area contributed by atoms with Crippen molar-refractivity contribution in [2.75, 3.05) is 19.0 Å². The van der Waals surface area contributed by atoms with Crippen molar-refractivity contribution in [2.24, 2.45) is 0 Å². The van der Waals surface area contributed by atoms with Crippen LogP contribution < -0.4 is 20.9 Å². The van der Waals surface area contributed by atoms with E-state index in [1.165, 1.54) is 0 Å². The first kappa shape index (κ1) is 19.9. The van der Waals surface area contributed by atoms with Gasteiger partial charge in [0.15, 0.2) is 0 Å². The molecule has 3 N–H and O–H groups in total. The van der Waals surface area contributed by atoms with Crippen LogP contribution in [0.4, 0.5) is 5.69 Å². The Bertz CT molecular complexity index is 1010. The second kappa shape index (κ2) is 8.92. The first-order valence-corrected chi connectivity index (χ1v) is 9.07. The maximum atomic E-state index is 12.3. The molecule has 0 radical (unpaired) electrons. The molecule has 2 amide bonds. The van der Waals surface area contributed by atoms with Gasteiger partial charge in [0.2, 0.25) is 0 Å². The smallest absolute Gasteiger partial charge is 0.269 e. The predicted octanol–water partition coefficient (Wildman–Crippen LogP) is 2.37. The van der Waals surface area contributed by atoms with Crippen LogP contribution in [0.15, 0.2) is 54.6 Å². The lowest BCUT2D eigenvalue weighted by atomic mass is 10.2. The fourth-order valence-corrected chi connectivity index (χ4v) is 2.85. The molecule has 0 unspecified atom stereocenters. The van der Waals surface area contributed by atoms with E-state index in [1.54, 1.807) is 43.5 Å². The molecule has 3 aromatic rings. The van der Waals surface area contributed by atoms with Crippen LogP contribution in [-0.4, -0.2) is 35.2 Å². The summed E-state index contributed by atoms with van der Waals surface area (Å²) in [7, 11) is 1.56. The van der Waals surface area contributed by atoms with Gasteiger partial charge in [-0.15, -0.1) is 0 Å². The number of nitrogens with one attached hydrogen (secondary N) is 3. The number of hydrogen-bond acceptors (Lipinski definition) is 5. The number of hydrogen-bond donors (Lipinski definition) is 3. The molecule has 150 valence electrons. The molecule has 1 aromatic heterocycles. The third kappa shape index (κ3) is 4.92. The van der Waals surface area contributed by atoms with Gasteiger partial charge in [-0.05, 0) is 56.3 Å². The maximum Gasteiger partial charge on any atom is 0.269 e. The average Bonchev–Trinajstić information content (AvgIpc) is 3.08. The van der Waals surface area contributed by atoms with Crippen molar-refractivity contribution in [1.29, 1.82) is 0 Å². The van der Waals surface area contributed by atoms with E-state index in [-0.39, 0.29) is 12.5 Å². The number of hydrazine groups is 1. The van der Waals surface area contributed by atoms with Crippen LogP contribution in [0.3, 0.4) is 0 Å². The standard InChI is InChI=1S/C21H23N5O3/c1-14-12-15(2)26(25-14)17-10-8-16(9-11-17)21(28)24-23-20(27)13-22-18-6-4-5-7-19(18)29-3/h4-12,22H,13H2,1-3H3,(H,23,27)(H,24,28). The van der Waals surface area contributed by atoms with Gasteiger partial charge >= 0.3 is 0 Å². The molecule has 0 aliphatic heterocycles. The zero-order chi connectivity index (χ0) is 20.8. The molecule has 8 heteroatoms. The van der Waals surface area contributed by atoms with Gasteiger partial charge in [0.05, 0.1) is 30.7 Å². The Balaban J connectivity index is 1.52. The van der Waals surface area contributed by atoms with Gasteiger partial charge in [-0.3, -0.25) is 20.4 Å². The Labute approximate surface area is 168 Å². The highest BCUT2D eigenvalue weighted by Gasteiger charge is 2.10. The monoisotopic (exact) mass is 393 g/mol. The number of anilines is 1. The lowest BCUT2D eigenvalue weighted by Gasteiger charge is -2.12. The summed E-state index contributed by atoms with van der Waals surface area (Å²) < 4.78 is 7.02. The molecule has 0 spiro atoms. The molecule has 0 fully saturated rings. The summed E-state index contributed by atoms with van der Waals surface area (Å²) >= 11 is 0. The van der Waals surface area contributed by atoms with Crippen LogP contribution in [0.2, 0.25) is 0 Å². The Morgan fingerprint density at radius 2 is 1.76 bits per heavy atom. The van der Waals surface area contributed by atoms with Crippen molar-refractivity contribution in [3.05, 3.63) is 71.5 Å². The highest BCUT2D eigenvalue weighted by Crippen LogP contribution is 2.22. The summed E-state index contributed by atoms with van der Waals surface area (Å²) in [4.78, 5) is 24.2. The number of methoxy groups -OCH3 is 1. The van der Waals surface area contributed by atoms with E-state index >= 15 is 0 Å². The lowest BCUT2D eigenvalue weighted by molar-refractivity contribution is -0.120. The third-order valence-corrected chi connectivity index (χ3v) is 4.25. The van der Waals surface area contributed by atoms with Crippen molar-refractivity contribution in [2.45, 2.75) is 13.8 Å². The van der Waals surface area contributed by atoms with E-state index < -0.39 is 5.91 Å². The van der Waals surface area contributed by atoms with Gasteiger partial charge < -0.3 is 10.1 Å². The predicted molar refractivity (Wildman–Crippen MR) is 110 cm³/mol. The SMILES string of the molecule is COc1ccccc1NCC(=O)NNC(=O)c1ccc(-n2nc(C)cc2C)cc1. The van der Waals surface area contributed by atoms with Crippen molar-refractivity contribution >= 4 is 17.5 Å². The van der Waals surface area contributed by atoms with Crippen molar-refractivity contribution < 1.29 is 14.3 Å². The Hall–Kier alpha value is -3.81. The number of carbonyl (C=O) groups is 2. The van der Waals surface area contributed by atoms with E-state index in [0.717, 1.165) is 17.1 Å². The highest BCUT2D eigenvalue weighted by atomic mass is 16.5. The Morgan fingerprint density at radius 3 is 2.41 bits per heavy atom. The molecule has 0 bridgehead atoms. The zero-order valence-electron chi connectivity index (χ0n) is 16.5. The molecule has 29 heavy (non-hydrogen) atoms. The Morgan fingerprint density at radius 1 is 1.03 bits per heavy atom. The number of carbonyl (C=O) groups excluding carboxylic acids is 2. The van der Waals surface area contributed by atoms with Crippen molar-refractivity contribution in [1.82, 2.24) is 20.6 Å². The fraction of sp³-hybridized carbons (Fsp3) is 0.190. The average molecular weight is 393 g/mol. The first-order chi connectivity index (χ1) is 14.0. The summed E-state index contributed by atoms with van der Waals surface area (Å²) in [6.07, 6.45) is 0. The van der Waals surface area contributed by atoms with Gasteiger partial charge in [0, 0.05) is 11.3 Å². The molecular weight excluding hydrogens is 370 g/mol. The molecular formula is C21H23N5O3. The minimum atomic E-state index is -0.407. The number of ether oxygens (including phenoxy) is 1. The topological polar surface area (TPSA) is 97.3 Å². The largest absolute Gasteiger partial charge is 0.495 e. The molecule has 0 saturated heterocycles. The minimum Gasteiger partial charge on any atom is -0.495 e. The molecule has 3 rings (SSSR count). The van der Waals surface area contributed by atoms with Crippen LogP contribution >= 0.6 is 0 Å². The van der Waals surface area contributed by atoms with Gasteiger partial charge in [-0.25, -0.2) is 4.68 Å². The van der Waals surface area contributed by atoms with Crippen LogP contribution in [-0.2, 0) is 4.79 Å². The molecule has 0 atom stereocenters. The second-order valence-corrected chi connectivity index (χ2v) is 6.44. The van der Waals surface area contributed by atoms with E-state index in [0.29, 0.717) is 17.0 Å². The number of aromatic nitrogens is 2. The van der Waals surface area contributed by atoms with Crippen LogP contribution in [0.25, 0.3) is 5.69 Å². The summed E-state index contributed by atoms with van der Waals surface area (Å²) in [6, 6.07) is 16.2. The zero-order valence-corrected chi connectivity index (χ0v) is 16.5. The summed E-state index contributed by atoms with van der Waals surface area (Å²) in [5.41, 5.74) is 8.70. The van der Waals surface area contributed by atoms with Crippen molar-refractivity contribution in [3.63, 3.8) is 0 Å². The molecule has 1 heterocycles. The normalized spacial score (nSPS) is 10.3. The van der Waals surface area contributed by atoms with Crippen LogP contribution in [0.5, 0.6) is 5.75 Å². The van der Waals surface area contributed by atoms with Crippen LogP contribution in [0.1, 0.15) is 21.7 Å². The van der Waals surface area contributed by atoms with Gasteiger partial charge in [0.1, 0.15) is 5.75 Å². The molecule has 0 aliphatic carbocycles. The van der Waals surface area contributed by atoms with Gasteiger partial charge in [-0.2, -0.15) is 5.10 Å². The summed E-state index contributed by atoms with van der Waals surface area (Å²) in [6.45, 7) is 3.88. The van der Waals surface area contributed by atoms with Gasteiger partial charge in [0.25, 0.3) is 11.8 Å². The molecule has 0 saturated carbocycles. The Kier molecular flexibility index (Phi) is 6.13. The van der Waals surface area contributed by atoms with Gasteiger partial charge in [-0.1, -0.05) is 12.1 Å². The summed E-state index contributed by atoms with van der Waals surface area (Å²) in [5.74, 6) is -0.161. The van der Waals surface area contributed by atoms with E-state index in [9.17, 15) is 9.59 Å². The lowest BCUT2D eigenvalue weighted by Crippen LogP contribution is -2.44. The molecule has 0 aliphatic rings. The number of amides is 2. The van der Waals surface area contributed by atoms with E-state index in [2.05, 4.69) is 21.3 Å². The van der Waals surface area contributed by atoms with E-state index in [1.807, 2.05) is 36.7 Å². The maximum absolute atomic E-state index is 12.3. The summed E-state index contributed by atoms with van der Waals surface area (Å²) in [5, 5.41) is 7.38.